The Bertz CT molecular complexity index is 1250. The van der Waals surface area contributed by atoms with E-state index >= 15 is 0 Å². The van der Waals surface area contributed by atoms with E-state index in [0.29, 0.717) is 23.2 Å². The summed E-state index contributed by atoms with van der Waals surface area (Å²) in [7, 11) is 0. The topological polar surface area (TPSA) is 51.1 Å². The first-order valence-electron chi connectivity index (χ1n) is 9.82. The first-order chi connectivity index (χ1) is 14.2. The van der Waals surface area contributed by atoms with Gasteiger partial charge < -0.3 is 9.88 Å². The third-order valence-electron chi connectivity index (χ3n) is 5.53. The Morgan fingerprint density at radius 2 is 1.59 bits per heavy atom. The van der Waals surface area contributed by atoms with Crippen LogP contribution < -0.4 is 5.32 Å². The number of benzene rings is 3. The van der Waals surface area contributed by atoms with E-state index in [1.807, 2.05) is 42.5 Å². The van der Waals surface area contributed by atoms with Crippen LogP contribution >= 0.6 is 0 Å². The van der Waals surface area contributed by atoms with Crippen molar-refractivity contribution >= 4 is 22.6 Å². The third-order valence-corrected chi connectivity index (χ3v) is 5.53. The van der Waals surface area contributed by atoms with Gasteiger partial charge in [-0.15, -0.1) is 0 Å². The summed E-state index contributed by atoms with van der Waals surface area (Å²) < 4.78 is 2.20. The van der Waals surface area contributed by atoms with Crippen molar-refractivity contribution in [3.63, 3.8) is 0 Å². The summed E-state index contributed by atoms with van der Waals surface area (Å²) >= 11 is 0. The molecule has 1 N–H and O–H groups in total. The van der Waals surface area contributed by atoms with Gasteiger partial charge in [0.2, 0.25) is 0 Å². The van der Waals surface area contributed by atoms with Crippen LogP contribution in [0, 0.1) is 0 Å². The van der Waals surface area contributed by atoms with E-state index in [1.54, 1.807) is 12.1 Å². The molecule has 4 aromatic rings. The predicted octanol–water partition coefficient (Wildman–Crippen LogP) is 4.67. The number of aromatic nitrogens is 1. The van der Waals surface area contributed by atoms with E-state index in [2.05, 4.69) is 34.3 Å². The number of para-hydroxylation sites is 1. The second kappa shape index (κ2) is 7.06. The van der Waals surface area contributed by atoms with E-state index < -0.39 is 0 Å². The van der Waals surface area contributed by atoms with Crippen LogP contribution in [-0.4, -0.2) is 22.8 Å². The normalized spacial score (nSPS) is 12.1. The van der Waals surface area contributed by atoms with Crippen molar-refractivity contribution in [2.24, 2.45) is 0 Å². The fourth-order valence-electron chi connectivity index (χ4n) is 4.06. The predicted molar refractivity (Wildman–Crippen MR) is 114 cm³/mol. The number of amides is 1. The SMILES string of the molecule is O=C(NCCCn1ccc2ccccc21)c1ccc2c(c1)C(=O)c1ccccc1-2. The molecule has 4 heteroatoms. The van der Waals surface area contributed by atoms with Gasteiger partial charge in [-0.25, -0.2) is 0 Å². The highest BCUT2D eigenvalue weighted by Gasteiger charge is 2.26. The molecule has 0 saturated carbocycles. The van der Waals surface area contributed by atoms with Gasteiger partial charge in [-0.05, 0) is 47.2 Å². The zero-order chi connectivity index (χ0) is 19.8. The lowest BCUT2D eigenvalue weighted by Gasteiger charge is -2.08. The van der Waals surface area contributed by atoms with Crippen LogP contribution in [0.25, 0.3) is 22.0 Å². The summed E-state index contributed by atoms with van der Waals surface area (Å²) in [5.41, 5.74) is 4.89. The van der Waals surface area contributed by atoms with Crippen LogP contribution in [0.3, 0.4) is 0 Å². The standard InChI is InChI=1S/C25H20N2O2/c28-24-21-8-3-2-7-19(21)20-11-10-18(16-22(20)24)25(29)26-13-5-14-27-15-12-17-6-1-4-9-23(17)27/h1-4,6-12,15-16H,5,13-14H2,(H,26,29). The largest absolute Gasteiger partial charge is 0.352 e. The molecule has 0 aliphatic heterocycles. The average Bonchev–Trinajstić information content (AvgIpc) is 3.30. The number of aryl methyl sites for hydroxylation is 1. The lowest BCUT2D eigenvalue weighted by atomic mass is 10.0. The number of fused-ring (bicyclic) bond motifs is 4. The number of hydrogen-bond acceptors (Lipinski definition) is 2. The van der Waals surface area contributed by atoms with E-state index in [4.69, 9.17) is 0 Å². The number of ketones is 1. The highest BCUT2D eigenvalue weighted by atomic mass is 16.1. The molecule has 1 amide bonds. The van der Waals surface area contributed by atoms with Crippen LogP contribution in [0.4, 0.5) is 0 Å². The Labute approximate surface area is 168 Å². The number of carbonyl (C=O) groups is 2. The van der Waals surface area contributed by atoms with Crippen LogP contribution in [0.15, 0.2) is 79.0 Å². The first-order valence-corrected chi connectivity index (χ1v) is 9.82. The van der Waals surface area contributed by atoms with Crippen LogP contribution in [-0.2, 0) is 6.54 Å². The van der Waals surface area contributed by atoms with Crippen molar-refractivity contribution < 1.29 is 9.59 Å². The summed E-state index contributed by atoms with van der Waals surface area (Å²) in [6.45, 7) is 1.42. The van der Waals surface area contributed by atoms with Crippen molar-refractivity contribution in [3.8, 4) is 11.1 Å². The Hall–Kier alpha value is -3.66. The highest BCUT2D eigenvalue weighted by Crippen LogP contribution is 2.36. The van der Waals surface area contributed by atoms with Crippen molar-refractivity contribution in [3.05, 3.63) is 95.7 Å². The molecule has 1 aromatic heterocycles. The molecule has 1 aliphatic carbocycles. The average molecular weight is 380 g/mol. The third kappa shape index (κ3) is 3.03. The molecule has 0 fully saturated rings. The molecule has 1 heterocycles. The maximum atomic E-state index is 12.6. The molecular formula is C25H20N2O2. The van der Waals surface area contributed by atoms with Crippen LogP contribution in [0.2, 0.25) is 0 Å². The number of nitrogens with one attached hydrogen (secondary N) is 1. The molecule has 0 saturated heterocycles. The first kappa shape index (κ1) is 17.4. The van der Waals surface area contributed by atoms with Gasteiger partial charge >= 0.3 is 0 Å². The summed E-state index contributed by atoms with van der Waals surface area (Å²) in [4.78, 5) is 25.2. The molecule has 0 atom stereocenters. The van der Waals surface area contributed by atoms with Crippen molar-refractivity contribution in [2.45, 2.75) is 13.0 Å². The second-order valence-corrected chi connectivity index (χ2v) is 7.31. The smallest absolute Gasteiger partial charge is 0.251 e. The van der Waals surface area contributed by atoms with Crippen LogP contribution in [0.1, 0.15) is 32.7 Å². The molecule has 29 heavy (non-hydrogen) atoms. The summed E-state index contributed by atoms with van der Waals surface area (Å²) in [6, 6.07) is 23.3. The maximum Gasteiger partial charge on any atom is 0.251 e. The van der Waals surface area contributed by atoms with Crippen LogP contribution in [0.5, 0.6) is 0 Å². The summed E-state index contributed by atoms with van der Waals surface area (Å²) in [5, 5.41) is 4.20. The lowest BCUT2D eigenvalue weighted by molar-refractivity contribution is 0.0953. The Morgan fingerprint density at radius 3 is 2.48 bits per heavy atom. The van der Waals surface area contributed by atoms with Gasteiger partial charge in [-0.3, -0.25) is 9.59 Å². The number of hydrogen-bond donors (Lipinski definition) is 1. The summed E-state index contributed by atoms with van der Waals surface area (Å²) in [6.07, 6.45) is 2.91. The lowest BCUT2D eigenvalue weighted by Crippen LogP contribution is -2.25. The van der Waals surface area contributed by atoms with Crippen molar-refractivity contribution in [1.82, 2.24) is 9.88 Å². The minimum absolute atomic E-state index is 0.00950. The summed E-state index contributed by atoms with van der Waals surface area (Å²) in [5.74, 6) is -0.154. The molecule has 0 unspecified atom stereocenters. The highest BCUT2D eigenvalue weighted by molar-refractivity contribution is 6.22. The van der Waals surface area contributed by atoms with Crippen molar-refractivity contribution in [2.75, 3.05) is 6.54 Å². The molecular weight excluding hydrogens is 360 g/mol. The van der Waals surface area contributed by atoms with Crippen molar-refractivity contribution in [1.29, 1.82) is 0 Å². The zero-order valence-corrected chi connectivity index (χ0v) is 15.9. The fourth-order valence-corrected chi connectivity index (χ4v) is 4.06. The minimum atomic E-state index is -0.145. The minimum Gasteiger partial charge on any atom is -0.352 e. The van der Waals surface area contributed by atoms with Gasteiger partial charge in [0.1, 0.15) is 0 Å². The molecule has 142 valence electrons. The Kier molecular flexibility index (Phi) is 4.24. The van der Waals surface area contributed by atoms with Gasteiger partial charge in [0.05, 0.1) is 0 Å². The molecule has 5 rings (SSSR count). The maximum absolute atomic E-state index is 12.6. The molecule has 1 aliphatic rings. The monoisotopic (exact) mass is 380 g/mol. The van der Waals surface area contributed by atoms with E-state index in [-0.39, 0.29) is 11.7 Å². The number of carbonyl (C=O) groups excluding carboxylic acids is 2. The van der Waals surface area contributed by atoms with E-state index in [1.165, 1.54) is 10.9 Å². The van der Waals surface area contributed by atoms with Gasteiger partial charge in [0, 0.05) is 41.5 Å². The Balaban J connectivity index is 1.24. The van der Waals surface area contributed by atoms with E-state index in [0.717, 1.165) is 24.1 Å². The molecule has 3 aromatic carbocycles. The zero-order valence-electron chi connectivity index (χ0n) is 15.9. The van der Waals surface area contributed by atoms with E-state index in [9.17, 15) is 9.59 Å². The second-order valence-electron chi connectivity index (χ2n) is 7.31. The van der Waals surface area contributed by atoms with Gasteiger partial charge in [0.25, 0.3) is 5.91 Å². The molecule has 0 spiro atoms. The van der Waals surface area contributed by atoms with Gasteiger partial charge in [-0.1, -0.05) is 48.5 Å². The number of rotatable bonds is 5. The van der Waals surface area contributed by atoms with Gasteiger partial charge in [-0.2, -0.15) is 0 Å². The molecule has 4 nitrogen and oxygen atoms in total. The van der Waals surface area contributed by atoms with Gasteiger partial charge in [0.15, 0.2) is 5.78 Å². The Morgan fingerprint density at radius 1 is 0.828 bits per heavy atom. The fraction of sp³-hybridized carbons (Fsp3) is 0.120. The number of nitrogens with zero attached hydrogens (tertiary/aromatic N) is 1. The molecule has 0 radical (unpaired) electrons. The molecule has 0 bridgehead atoms. The quantitative estimate of drug-likeness (QED) is 0.450.